The number of ether oxygens (including phenoxy) is 3. The standard InChI is InChI=1S/C18H17FIN3O6/c1-9(24)28-14-12(8-27-17(25)10-5-3-2-4-6-10)29-16(13(14)19)23-7-11(20)15(21)22-18(23)26/h2-7,12-14,16H,8H2,1H3,(H2,21,22,26)/t12-,13-,14-,16-/m1/s1. The maximum absolute atomic E-state index is 15.0. The summed E-state index contributed by atoms with van der Waals surface area (Å²) in [4.78, 5) is 39.3. The van der Waals surface area contributed by atoms with E-state index in [0.29, 0.717) is 9.13 Å². The van der Waals surface area contributed by atoms with E-state index in [-0.39, 0.29) is 12.4 Å². The molecule has 154 valence electrons. The van der Waals surface area contributed by atoms with Crippen LogP contribution in [0.15, 0.2) is 41.3 Å². The number of alkyl halides is 1. The van der Waals surface area contributed by atoms with E-state index in [1.807, 2.05) is 22.6 Å². The third-order valence-electron chi connectivity index (χ3n) is 4.17. The lowest BCUT2D eigenvalue weighted by Gasteiger charge is -2.18. The van der Waals surface area contributed by atoms with Crippen LogP contribution in [-0.4, -0.2) is 46.5 Å². The van der Waals surface area contributed by atoms with Gasteiger partial charge in [0.15, 0.2) is 18.5 Å². The van der Waals surface area contributed by atoms with Crippen molar-refractivity contribution in [3.8, 4) is 0 Å². The van der Waals surface area contributed by atoms with Gasteiger partial charge in [-0.25, -0.2) is 14.0 Å². The largest absolute Gasteiger partial charge is 0.459 e. The number of nitrogen functional groups attached to an aromatic ring is 1. The number of hydrogen-bond acceptors (Lipinski definition) is 8. The Balaban J connectivity index is 1.80. The molecule has 1 saturated heterocycles. The van der Waals surface area contributed by atoms with Crippen LogP contribution < -0.4 is 11.4 Å². The zero-order valence-electron chi connectivity index (χ0n) is 15.2. The molecule has 3 rings (SSSR count). The predicted molar refractivity (Wildman–Crippen MR) is 107 cm³/mol. The van der Waals surface area contributed by atoms with E-state index in [9.17, 15) is 14.4 Å². The second kappa shape index (κ2) is 8.86. The third-order valence-corrected chi connectivity index (χ3v) is 5.00. The SMILES string of the molecule is CC(=O)O[C@H]1[C@@H](F)[C@H](n2cc(I)c(N)nc2=O)O[C@@H]1COC(=O)c1ccccc1. The number of nitrogens with two attached hydrogens (primary N) is 1. The lowest BCUT2D eigenvalue weighted by molar-refractivity contribution is -0.152. The normalized spacial score (nSPS) is 23.6. The number of esters is 2. The number of halogens is 2. The molecule has 1 aliphatic rings. The highest BCUT2D eigenvalue weighted by molar-refractivity contribution is 14.1. The molecule has 0 amide bonds. The maximum Gasteiger partial charge on any atom is 0.351 e. The van der Waals surface area contributed by atoms with Gasteiger partial charge in [-0.05, 0) is 34.7 Å². The first-order valence-electron chi connectivity index (χ1n) is 8.51. The zero-order valence-corrected chi connectivity index (χ0v) is 17.3. The van der Waals surface area contributed by atoms with E-state index in [4.69, 9.17) is 19.9 Å². The quantitative estimate of drug-likeness (QED) is 0.468. The highest BCUT2D eigenvalue weighted by Crippen LogP contribution is 2.34. The van der Waals surface area contributed by atoms with Crippen LogP contribution in [0.3, 0.4) is 0 Å². The van der Waals surface area contributed by atoms with E-state index >= 15 is 4.39 Å². The molecule has 0 unspecified atom stereocenters. The first-order chi connectivity index (χ1) is 13.8. The monoisotopic (exact) mass is 517 g/mol. The molecule has 1 aromatic heterocycles. The van der Waals surface area contributed by atoms with Gasteiger partial charge in [0, 0.05) is 13.1 Å². The fourth-order valence-corrected chi connectivity index (χ4v) is 3.26. The summed E-state index contributed by atoms with van der Waals surface area (Å²) in [7, 11) is 0. The van der Waals surface area contributed by atoms with Crippen molar-refractivity contribution >= 4 is 40.3 Å². The van der Waals surface area contributed by atoms with Crippen molar-refractivity contribution in [2.75, 3.05) is 12.3 Å². The molecule has 4 atom stereocenters. The molecule has 1 fully saturated rings. The van der Waals surface area contributed by atoms with Gasteiger partial charge in [-0.1, -0.05) is 18.2 Å². The Morgan fingerprint density at radius 3 is 2.69 bits per heavy atom. The molecule has 2 aromatic rings. The molecule has 2 heterocycles. The first-order valence-corrected chi connectivity index (χ1v) is 9.59. The number of aromatic nitrogens is 2. The second-order valence-corrected chi connectivity index (χ2v) is 7.37. The smallest absolute Gasteiger partial charge is 0.351 e. The molecular weight excluding hydrogens is 500 g/mol. The Hall–Kier alpha value is -2.54. The minimum Gasteiger partial charge on any atom is -0.459 e. The van der Waals surface area contributed by atoms with E-state index in [2.05, 4.69) is 4.98 Å². The average Bonchev–Trinajstić information content (AvgIpc) is 2.98. The molecule has 9 nitrogen and oxygen atoms in total. The summed E-state index contributed by atoms with van der Waals surface area (Å²) in [6.45, 7) is 0.740. The minimum atomic E-state index is -1.89. The van der Waals surface area contributed by atoms with Crippen LogP contribution >= 0.6 is 22.6 Å². The molecular formula is C18H17FIN3O6. The zero-order chi connectivity index (χ0) is 21.1. The lowest BCUT2D eigenvalue weighted by atomic mass is 10.1. The predicted octanol–water partition coefficient (Wildman–Crippen LogP) is 1.45. The number of carbonyl (C=O) groups excluding carboxylic acids is 2. The summed E-state index contributed by atoms with van der Waals surface area (Å²) in [6.07, 6.45) is -4.50. The Bertz CT molecular complexity index is 970. The molecule has 1 aliphatic heterocycles. The van der Waals surface area contributed by atoms with E-state index in [0.717, 1.165) is 11.5 Å². The van der Waals surface area contributed by atoms with E-state index in [1.54, 1.807) is 30.3 Å². The van der Waals surface area contributed by atoms with Crippen LogP contribution in [-0.2, 0) is 19.0 Å². The lowest BCUT2D eigenvalue weighted by Crippen LogP contribution is -2.37. The third kappa shape index (κ3) is 4.72. The van der Waals surface area contributed by atoms with E-state index < -0.39 is 42.2 Å². The molecule has 0 saturated carbocycles. The van der Waals surface area contributed by atoms with Crippen molar-refractivity contribution in [3.05, 3.63) is 56.1 Å². The molecule has 29 heavy (non-hydrogen) atoms. The van der Waals surface area contributed by atoms with Crippen molar-refractivity contribution < 1.29 is 28.2 Å². The number of benzene rings is 1. The fraction of sp³-hybridized carbons (Fsp3) is 0.333. The van der Waals surface area contributed by atoms with Gasteiger partial charge < -0.3 is 19.9 Å². The van der Waals surface area contributed by atoms with Gasteiger partial charge in [0.25, 0.3) is 0 Å². The minimum absolute atomic E-state index is 0.00475. The molecule has 0 aliphatic carbocycles. The van der Waals surface area contributed by atoms with Gasteiger partial charge in [0.05, 0.1) is 9.13 Å². The topological polar surface area (TPSA) is 123 Å². The van der Waals surface area contributed by atoms with Crippen molar-refractivity contribution in [1.29, 1.82) is 0 Å². The van der Waals surface area contributed by atoms with Crippen molar-refractivity contribution in [1.82, 2.24) is 9.55 Å². The second-order valence-electron chi connectivity index (χ2n) is 6.21. The number of hydrogen-bond donors (Lipinski definition) is 1. The molecule has 2 N–H and O–H groups in total. The van der Waals surface area contributed by atoms with Crippen LogP contribution in [0.25, 0.3) is 0 Å². The first kappa shape index (κ1) is 21.2. The summed E-state index contributed by atoms with van der Waals surface area (Å²) in [5.74, 6) is -1.38. The molecule has 0 spiro atoms. The highest BCUT2D eigenvalue weighted by Gasteiger charge is 2.49. The molecule has 0 radical (unpaired) electrons. The molecule has 1 aromatic carbocycles. The van der Waals surface area contributed by atoms with E-state index in [1.165, 1.54) is 6.20 Å². The molecule has 0 bridgehead atoms. The van der Waals surface area contributed by atoms with Crippen molar-refractivity contribution in [2.45, 2.75) is 31.5 Å². The Morgan fingerprint density at radius 1 is 1.34 bits per heavy atom. The van der Waals surface area contributed by atoms with Crippen LogP contribution in [0.1, 0.15) is 23.5 Å². The summed E-state index contributed by atoms with van der Waals surface area (Å²) < 4.78 is 32.2. The summed E-state index contributed by atoms with van der Waals surface area (Å²) in [6, 6.07) is 8.19. The summed E-state index contributed by atoms with van der Waals surface area (Å²) in [5.41, 5.74) is 5.07. The summed E-state index contributed by atoms with van der Waals surface area (Å²) in [5, 5.41) is 0. The van der Waals surface area contributed by atoms with Gasteiger partial charge in [0.1, 0.15) is 18.5 Å². The number of carbonyl (C=O) groups is 2. The van der Waals surface area contributed by atoms with Gasteiger partial charge in [-0.3, -0.25) is 9.36 Å². The Labute approximate surface area is 178 Å². The van der Waals surface area contributed by atoms with Gasteiger partial charge >= 0.3 is 17.6 Å². The van der Waals surface area contributed by atoms with Crippen LogP contribution in [0.5, 0.6) is 0 Å². The average molecular weight is 517 g/mol. The molecule has 11 heteroatoms. The van der Waals surface area contributed by atoms with Crippen LogP contribution in [0.2, 0.25) is 0 Å². The van der Waals surface area contributed by atoms with Gasteiger partial charge in [0.2, 0.25) is 0 Å². The van der Waals surface area contributed by atoms with Crippen LogP contribution in [0.4, 0.5) is 10.2 Å². The Kier molecular flexibility index (Phi) is 6.47. The van der Waals surface area contributed by atoms with Crippen molar-refractivity contribution in [2.24, 2.45) is 0 Å². The highest BCUT2D eigenvalue weighted by atomic mass is 127. The summed E-state index contributed by atoms with van der Waals surface area (Å²) >= 11 is 1.84. The van der Waals surface area contributed by atoms with Crippen LogP contribution in [0, 0.1) is 3.57 Å². The Morgan fingerprint density at radius 2 is 2.03 bits per heavy atom. The van der Waals surface area contributed by atoms with Crippen molar-refractivity contribution in [3.63, 3.8) is 0 Å². The fourth-order valence-electron chi connectivity index (χ4n) is 2.84. The maximum atomic E-state index is 15.0. The van der Waals surface area contributed by atoms with Gasteiger partial charge in [-0.15, -0.1) is 0 Å². The number of rotatable bonds is 5. The number of anilines is 1. The number of nitrogens with zero attached hydrogens (tertiary/aromatic N) is 2. The van der Waals surface area contributed by atoms with Gasteiger partial charge in [-0.2, -0.15) is 4.98 Å².